The molecule has 0 saturated heterocycles. The first-order chi connectivity index (χ1) is 6.31. The fourth-order valence-corrected chi connectivity index (χ4v) is 2.19. The third kappa shape index (κ3) is 1.62. The third-order valence-corrected chi connectivity index (χ3v) is 3.04. The van der Waals surface area contributed by atoms with Crippen molar-refractivity contribution in [2.45, 2.75) is 12.8 Å². The van der Waals surface area contributed by atoms with Crippen molar-refractivity contribution < 1.29 is 4.52 Å². The molecule has 0 spiro atoms. The Morgan fingerprint density at radius 3 is 3.00 bits per heavy atom. The van der Waals surface area contributed by atoms with Crippen LogP contribution in [-0.4, -0.2) is 5.16 Å². The summed E-state index contributed by atoms with van der Waals surface area (Å²) in [6, 6.07) is 4.08. The molecule has 2 aromatic heterocycles. The summed E-state index contributed by atoms with van der Waals surface area (Å²) in [7, 11) is 0. The number of thiophene rings is 1. The van der Waals surface area contributed by atoms with E-state index in [1.165, 1.54) is 4.88 Å². The van der Waals surface area contributed by atoms with E-state index in [-0.39, 0.29) is 0 Å². The molecule has 0 atom stereocenters. The van der Waals surface area contributed by atoms with Gasteiger partial charge in [-0.15, -0.1) is 22.9 Å². The Kier molecular flexibility index (Phi) is 2.38. The molecule has 0 aliphatic rings. The van der Waals surface area contributed by atoms with Gasteiger partial charge in [-0.2, -0.15) is 0 Å². The molecule has 2 nitrogen and oxygen atoms in total. The highest BCUT2D eigenvalue weighted by atomic mass is 35.5. The highest BCUT2D eigenvalue weighted by Gasteiger charge is 2.10. The number of alkyl halides is 1. The normalized spacial score (nSPS) is 10.6. The van der Waals surface area contributed by atoms with Gasteiger partial charge < -0.3 is 4.52 Å². The lowest BCUT2D eigenvalue weighted by molar-refractivity contribution is 0.432. The predicted octanol–water partition coefficient (Wildman–Crippen LogP) is 3.45. The molecule has 0 aromatic carbocycles. The van der Waals surface area contributed by atoms with Crippen LogP contribution in [0.2, 0.25) is 0 Å². The molecule has 68 valence electrons. The van der Waals surface area contributed by atoms with Gasteiger partial charge in [0.15, 0.2) is 5.76 Å². The minimum atomic E-state index is 0.440. The first kappa shape index (κ1) is 8.78. The molecular weight excluding hydrogens is 206 g/mol. The monoisotopic (exact) mass is 213 g/mol. The van der Waals surface area contributed by atoms with Crippen LogP contribution in [0, 0.1) is 6.92 Å². The highest BCUT2D eigenvalue weighted by Crippen LogP contribution is 2.30. The van der Waals surface area contributed by atoms with Crippen LogP contribution in [0.4, 0.5) is 0 Å². The average Bonchev–Trinajstić information content (AvgIpc) is 2.71. The first-order valence-corrected chi connectivity index (χ1v) is 5.22. The van der Waals surface area contributed by atoms with E-state index in [9.17, 15) is 0 Å². The van der Waals surface area contributed by atoms with Crippen LogP contribution < -0.4 is 0 Å². The van der Waals surface area contributed by atoms with Gasteiger partial charge >= 0.3 is 0 Å². The zero-order valence-corrected chi connectivity index (χ0v) is 8.65. The second-order valence-electron chi connectivity index (χ2n) is 2.72. The fourth-order valence-electron chi connectivity index (χ4n) is 1.11. The molecule has 2 heterocycles. The van der Waals surface area contributed by atoms with Crippen LogP contribution in [0.15, 0.2) is 22.9 Å². The van der Waals surface area contributed by atoms with Crippen molar-refractivity contribution in [2.24, 2.45) is 0 Å². The van der Waals surface area contributed by atoms with Gasteiger partial charge in [-0.1, -0.05) is 5.16 Å². The van der Waals surface area contributed by atoms with E-state index in [0.29, 0.717) is 5.88 Å². The molecule has 0 aliphatic carbocycles. The number of halogens is 1. The molecule has 13 heavy (non-hydrogen) atoms. The van der Waals surface area contributed by atoms with Crippen molar-refractivity contribution in [1.82, 2.24) is 5.16 Å². The lowest BCUT2D eigenvalue weighted by Gasteiger charge is -1.91. The Labute approximate surface area is 85.1 Å². The van der Waals surface area contributed by atoms with Crippen molar-refractivity contribution >= 4 is 22.9 Å². The molecule has 0 unspecified atom stereocenters. The summed E-state index contributed by atoms with van der Waals surface area (Å²) >= 11 is 7.42. The SMILES string of the molecule is Cc1ccc(-c2oncc2CCl)s1. The van der Waals surface area contributed by atoms with Crippen molar-refractivity contribution in [3.63, 3.8) is 0 Å². The summed E-state index contributed by atoms with van der Waals surface area (Å²) < 4.78 is 5.13. The summed E-state index contributed by atoms with van der Waals surface area (Å²) in [5.41, 5.74) is 0.948. The maximum Gasteiger partial charge on any atom is 0.181 e. The Morgan fingerprint density at radius 1 is 1.54 bits per heavy atom. The summed E-state index contributed by atoms with van der Waals surface area (Å²) in [5, 5.41) is 3.73. The minimum absolute atomic E-state index is 0.440. The van der Waals surface area contributed by atoms with Crippen LogP contribution >= 0.6 is 22.9 Å². The molecule has 0 radical (unpaired) electrons. The van der Waals surface area contributed by atoms with E-state index in [0.717, 1.165) is 16.2 Å². The maximum atomic E-state index is 5.73. The van der Waals surface area contributed by atoms with Crippen LogP contribution in [0.1, 0.15) is 10.4 Å². The number of hydrogen-bond acceptors (Lipinski definition) is 3. The van der Waals surface area contributed by atoms with Gasteiger partial charge in [0.05, 0.1) is 17.0 Å². The molecule has 0 aliphatic heterocycles. The standard InChI is InChI=1S/C9H8ClNOS/c1-6-2-3-8(13-6)9-7(4-10)5-11-12-9/h2-3,5H,4H2,1H3. The van der Waals surface area contributed by atoms with Crippen LogP contribution in [0.3, 0.4) is 0 Å². The van der Waals surface area contributed by atoms with Crippen LogP contribution in [0.5, 0.6) is 0 Å². The topological polar surface area (TPSA) is 26.0 Å². The number of hydrogen-bond donors (Lipinski definition) is 0. The lowest BCUT2D eigenvalue weighted by Crippen LogP contribution is -1.74. The van der Waals surface area contributed by atoms with Gasteiger partial charge in [-0.05, 0) is 19.1 Å². The van der Waals surface area contributed by atoms with Crippen LogP contribution in [0.25, 0.3) is 10.6 Å². The summed E-state index contributed by atoms with van der Waals surface area (Å²) in [6.07, 6.45) is 1.66. The summed E-state index contributed by atoms with van der Waals surface area (Å²) in [6.45, 7) is 2.06. The second kappa shape index (κ2) is 3.52. The van der Waals surface area contributed by atoms with Crippen molar-refractivity contribution in [3.05, 3.63) is 28.8 Å². The third-order valence-electron chi connectivity index (χ3n) is 1.75. The number of nitrogens with zero attached hydrogens (tertiary/aromatic N) is 1. The number of aryl methyl sites for hydroxylation is 1. The van der Waals surface area contributed by atoms with E-state index >= 15 is 0 Å². The van der Waals surface area contributed by atoms with Gasteiger partial charge in [0, 0.05) is 10.4 Å². The van der Waals surface area contributed by atoms with Gasteiger partial charge in [-0.25, -0.2) is 0 Å². The molecular formula is C9H8ClNOS. The average molecular weight is 214 g/mol. The van der Waals surface area contributed by atoms with Gasteiger partial charge in [0.25, 0.3) is 0 Å². The zero-order valence-electron chi connectivity index (χ0n) is 7.08. The predicted molar refractivity (Wildman–Crippen MR) is 54.1 cm³/mol. The maximum absolute atomic E-state index is 5.73. The summed E-state index contributed by atoms with van der Waals surface area (Å²) in [4.78, 5) is 2.34. The Bertz CT molecular complexity index is 407. The number of rotatable bonds is 2. The molecule has 2 aromatic rings. The van der Waals surface area contributed by atoms with Gasteiger partial charge in [0.1, 0.15) is 0 Å². The Balaban J connectivity index is 2.45. The van der Waals surface area contributed by atoms with E-state index in [2.05, 4.69) is 18.1 Å². The lowest BCUT2D eigenvalue weighted by atomic mass is 10.2. The van der Waals surface area contributed by atoms with Crippen molar-refractivity contribution in [1.29, 1.82) is 0 Å². The van der Waals surface area contributed by atoms with Crippen molar-refractivity contribution in [2.75, 3.05) is 0 Å². The second-order valence-corrected chi connectivity index (χ2v) is 4.28. The number of aromatic nitrogens is 1. The smallest absolute Gasteiger partial charge is 0.181 e. The molecule has 2 rings (SSSR count). The molecule has 0 saturated carbocycles. The minimum Gasteiger partial charge on any atom is -0.355 e. The van der Waals surface area contributed by atoms with Crippen LogP contribution in [-0.2, 0) is 5.88 Å². The van der Waals surface area contributed by atoms with E-state index in [1.807, 2.05) is 6.07 Å². The van der Waals surface area contributed by atoms with E-state index in [4.69, 9.17) is 16.1 Å². The molecule has 0 bridgehead atoms. The summed E-state index contributed by atoms with van der Waals surface area (Å²) in [5.74, 6) is 1.24. The molecule has 0 fully saturated rings. The largest absolute Gasteiger partial charge is 0.355 e. The van der Waals surface area contributed by atoms with E-state index < -0.39 is 0 Å². The molecule has 0 N–H and O–H groups in total. The first-order valence-electron chi connectivity index (χ1n) is 3.87. The Morgan fingerprint density at radius 2 is 2.38 bits per heavy atom. The quantitative estimate of drug-likeness (QED) is 0.715. The van der Waals surface area contributed by atoms with Gasteiger partial charge in [-0.3, -0.25) is 0 Å². The fraction of sp³-hybridized carbons (Fsp3) is 0.222. The zero-order chi connectivity index (χ0) is 9.26. The highest BCUT2D eigenvalue weighted by molar-refractivity contribution is 7.15. The molecule has 0 amide bonds. The van der Waals surface area contributed by atoms with Crippen molar-refractivity contribution in [3.8, 4) is 10.6 Å². The Hall–Kier alpha value is -0.800. The molecule has 4 heteroatoms. The van der Waals surface area contributed by atoms with E-state index in [1.54, 1.807) is 17.5 Å². The van der Waals surface area contributed by atoms with Gasteiger partial charge in [0.2, 0.25) is 0 Å².